The second kappa shape index (κ2) is 5.30. The zero-order valence-corrected chi connectivity index (χ0v) is 10.3. The molecule has 0 aliphatic carbocycles. The predicted octanol–water partition coefficient (Wildman–Crippen LogP) is 1.12. The van der Waals surface area contributed by atoms with Crippen molar-refractivity contribution >= 4 is 18.2 Å². The van der Waals surface area contributed by atoms with Gasteiger partial charge in [-0.3, -0.25) is 0 Å². The zero-order chi connectivity index (χ0) is 13.8. The maximum absolute atomic E-state index is 11.5. The van der Waals surface area contributed by atoms with E-state index in [-0.39, 0.29) is 6.02 Å². The van der Waals surface area contributed by atoms with E-state index in [0.29, 0.717) is 0 Å². The normalized spacial score (nSPS) is 12.1. The minimum atomic E-state index is -1.10. The van der Waals surface area contributed by atoms with Gasteiger partial charge in [-0.05, 0) is 26.8 Å². The highest BCUT2D eigenvalue weighted by Gasteiger charge is 2.18. The summed E-state index contributed by atoms with van der Waals surface area (Å²) >= 11 is 0. The van der Waals surface area contributed by atoms with Crippen molar-refractivity contribution in [2.24, 2.45) is 10.7 Å². The van der Waals surface area contributed by atoms with Gasteiger partial charge in [0.25, 0.3) is 0 Å². The minimum absolute atomic E-state index is 0.373. The number of nitrogens with two attached hydrogens (primary N) is 1. The van der Waals surface area contributed by atoms with Gasteiger partial charge in [0.05, 0.1) is 0 Å². The van der Waals surface area contributed by atoms with E-state index in [1.54, 1.807) is 26.8 Å². The summed E-state index contributed by atoms with van der Waals surface area (Å²) in [6, 6.07) is 1.19. The Balaban J connectivity index is 2.90. The largest absolute Gasteiger partial charge is 0.442 e. The van der Waals surface area contributed by atoms with Crippen molar-refractivity contribution in [3.8, 4) is 0 Å². The second-order valence-electron chi connectivity index (χ2n) is 4.25. The Morgan fingerprint density at radius 1 is 1.39 bits per heavy atom. The number of ether oxygens (including phenoxy) is 2. The molecule has 18 heavy (non-hydrogen) atoms. The van der Waals surface area contributed by atoms with Crippen molar-refractivity contribution in [1.29, 1.82) is 0 Å². The Morgan fingerprint density at radius 3 is 2.50 bits per heavy atom. The van der Waals surface area contributed by atoms with Crippen LogP contribution in [0.2, 0.25) is 0 Å². The number of nitrogens with zero attached hydrogens (tertiary/aromatic N) is 3. The molecule has 0 atom stereocenters. The molecule has 98 valence electrons. The first-order valence-corrected chi connectivity index (χ1v) is 5.07. The molecular weight excluding hydrogens is 240 g/mol. The third-order valence-corrected chi connectivity index (χ3v) is 1.47. The first kappa shape index (κ1) is 13.7. The molecule has 1 aromatic heterocycles. The molecule has 0 aliphatic heterocycles. The van der Waals surface area contributed by atoms with Crippen molar-refractivity contribution in [3.05, 3.63) is 18.5 Å². The van der Waals surface area contributed by atoms with Gasteiger partial charge in [-0.15, -0.1) is 4.99 Å². The van der Waals surface area contributed by atoms with Crippen LogP contribution in [0.3, 0.4) is 0 Å². The van der Waals surface area contributed by atoms with Crippen LogP contribution >= 0.6 is 0 Å². The number of aliphatic imine (C=N–C) groups is 1. The number of hydrogen-bond donors (Lipinski definition) is 1. The van der Waals surface area contributed by atoms with Crippen LogP contribution in [0.1, 0.15) is 20.8 Å². The molecule has 0 fully saturated rings. The topological polar surface area (TPSA) is 109 Å². The van der Waals surface area contributed by atoms with Crippen molar-refractivity contribution in [1.82, 2.24) is 9.78 Å². The van der Waals surface area contributed by atoms with E-state index in [0.717, 1.165) is 4.68 Å². The number of rotatable bonds is 0. The molecule has 1 rings (SSSR count). The number of amides is 2. The number of carbonyl (C=O) groups is 2. The van der Waals surface area contributed by atoms with Crippen LogP contribution in [0.4, 0.5) is 9.59 Å². The summed E-state index contributed by atoms with van der Waals surface area (Å²) in [5.41, 5.74) is 4.16. The van der Waals surface area contributed by atoms with Crippen molar-refractivity contribution in [2.45, 2.75) is 26.4 Å². The van der Waals surface area contributed by atoms with Gasteiger partial charge in [-0.1, -0.05) is 0 Å². The molecule has 1 heterocycles. The fraction of sp³-hybridized carbons (Fsp3) is 0.400. The van der Waals surface area contributed by atoms with E-state index in [9.17, 15) is 9.59 Å². The third-order valence-electron chi connectivity index (χ3n) is 1.47. The predicted molar refractivity (Wildman–Crippen MR) is 62.0 cm³/mol. The summed E-state index contributed by atoms with van der Waals surface area (Å²) < 4.78 is 10.6. The number of aromatic nitrogens is 2. The van der Waals surface area contributed by atoms with E-state index in [2.05, 4.69) is 14.8 Å². The summed E-state index contributed by atoms with van der Waals surface area (Å²) in [6.07, 6.45) is 0.850. The Bertz CT molecular complexity index is 459. The lowest BCUT2D eigenvalue weighted by Crippen LogP contribution is -2.28. The van der Waals surface area contributed by atoms with Crippen LogP contribution in [0.25, 0.3) is 0 Å². The fourth-order valence-electron chi connectivity index (χ4n) is 0.956. The smallest absolute Gasteiger partial charge is 0.438 e. The maximum Gasteiger partial charge on any atom is 0.438 e. The molecule has 0 unspecified atom stereocenters. The molecular formula is C10H14N4O4. The average molecular weight is 254 g/mol. The van der Waals surface area contributed by atoms with Gasteiger partial charge in [-0.25, -0.2) is 9.59 Å². The van der Waals surface area contributed by atoms with Gasteiger partial charge in [0.1, 0.15) is 5.60 Å². The lowest BCUT2D eigenvalue weighted by molar-refractivity contribution is 0.0600. The number of hydrogen-bond acceptors (Lipinski definition) is 5. The van der Waals surface area contributed by atoms with Gasteiger partial charge >= 0.3 is 18.2 Å². The molecule has 2 amide bonds. The highest BCUT2D eigenvalue weighted by Crippen LogP contribution is 2.08. The van der Waals surface area contributed by atoms with Gasteiger partial charge in [0, 0.05) is 12.4 Å². The lowest BCUT2D eigenvalue weighted by atomic mass is 10.2. The average Bonchev–Trinajstić information content (AvgIpc) is 2.64. The van der Waals surface area contributed by atoms with Crippen LogP contribution in [-0.2, 0) is 9.47 Å². The molecule has 0 bridgehead atoms. The minimum Gasteiger partial charge on any atom is -0.442 e. The van der Waals surface area contributed by atoms with Crippen LogP contribution in [0.5, 0.6) is 0 Å². The molecule has 1 aromatic rings. The molecule has 0 saturated heterocycles. The van der Waals surface area contributed by atoms with E-state index in [4.69, 9.17) is 10.5 Å². The van der Waals surface area contributed by atoms with E-state index >= 15 is 0 Å². The highest BCUT2D eigenvalue weighted by atomic mass is 16.6. The first-order chi connectivity index (χ1) is 8.28. The molecule has 0 aromatic carbocycles. The van der Waals surface area contributed by atoms with Crippen LogP contribution < -0.4 is 5.73 Å². The standard InChI is InChI=1S/C10H14N4O4/c1-10(2,3)18-9(16)13-8(17-7(11)15)14-6-4-5-12-14/h4-6H,1-3H3,(H2,11,15). The Hall–Kier alpha value is -2.38. The summed E-state index contributed by atoms with van der Waals surface area (Å²) in [5, 5.41) is 3.76. The maximum atomic E-state index is 11.5. The Morgan fingerprint density at radius 2 is 2.06 bits per heavy atom. The monoisotopic (exact) mass is 254 g/mol. The molecule has 0 spiro atoms. The van der Waals surface area contributed by atoms with Crippen LogP contribution in [0, 0.1) is 0 Å². The Labute approximate surface area is 103 Å². The van der Waals surface area contributed by atoms with Gasteiger partial charge in [-0.2, -0.15) is 9.78 Å². The van der Waals surface area contributed by atoms with E-state index in [1.807, 2.05) is 0 Å². The van der Waals surface area contributed by atoms with Gasteiger partial charge in [0.15, 0.2) is 0 Å². The zero-order valence-electron chi connectivity index (χ0n) is 10.3. The molecule has 0 saturated carbocycles. The molecule has 0 aliphatic rings. The summed E-state index contributed by atoms with van der Waals surface area (Å²) in [4.78, 5) is 25.6. The Kier molecular flexibility index (Phi) is 4.03. The molecule has 8 heteroatoms. The lowest BCUT2D eigenvalue weighted by Gasteiger charge is -2.17. The van der Waals surface area contributed by atoms with E-state index in [1.165, 1.54) is 12.4 Å². The second-order valence-corrected chi connectivity index (χ2v) is 4.25. The van der Waals surface area contributed by atoms with Crippen molar-refractivity contribution in [2.75, 3.05) is 0 Å². The summed E-state index contributed by atoms with van der Waals surface area (Å²) in [6.45, 7) is 5.05. The third kappa shape index (κ3) is 4.64. The molecule has 8 nitrogen and oxygen atoms in total. The highest BCUT2D eigenvalue weighted by molar-refractivity contribution is 5.93. The van der Waals surface area contributed by atoms with Crippen molar-refractivity contribution in [3.63, 3.8) is 0 Å². The van der Waals surface area contributed by atoms with Gasteiger partial charge in [0.2, 0.25) is 0 Å². The van der Waals surface area contributed by atoms with Gasteiger partial charge < -0.3 is 15.2 Å². The molecule has 0 radical (unpaired) electrons. The van der Waals surface area contributed by atoms with Crippen LogP contribution in [-0.4, -0.2) is 33.6 Å². The number of carbonyl (C=O) groups excluding carboxylic acids is 2. The molecule has 2 N–H and O–H groups in total. The quantitative estimate of drug-likeness (QED) is 0.551. The number of primary amides is 1. The van der Waals surface area contributed by atoms with Crippen molar-refractivity contribution < 1.29 is 19.1 Å². The van der Waals surface area contributed by atoms with Crippen LogP contribution in [0.15, 0.2) is 23.5 Å². The first-order valence-electron chi connectivity index (χ1n) is 5.07. The summed E-state index contributed by atoms with van der Waals surface area (Å²) in [7, 11) is 0. The van der Waals surface area contributed by atoms with E-state index < -0.39 is 17.8 Å². The summed E-state index contributed by atoms with van der Waals surface area (Å²) in [5.74, 6) is 0. The fourth-order valence-corrected chi connectivity index (χ4v) is 0.956. The SMILES string of the molecule is CC(C)(C)OC(=O)N=C(OC(N)=O)n1cccn1.